The molecule has 1 aliphatic heterocycles. The lowest BCUT2D eigenvalue weighted by Crippen LogP contribution is -2.71. The number of anilines is 1. The molecule has 0 radical (unpaired) electrons. The maximum atomic E-state index is 13.4. The van der Waals surface area contributed by atoms with Crippen LogP contribution in [0.1, 0.15) is 46.0 Å². The van der Waals surface area contributed by atoms with Crippen LogP contribution in [-0.4, -0.2) is 55.0 Å². The molecule has 1 saturated carbocycles. The number of piperazine rings is 1. The minimum atomic E-state index is -3.62. The fourth-order valence-corrected chi connectivity index (χ4v) is 5.37. The highest BCUT2D eigenvalue weighted by Gasteiger charge is 2.51. The van der Waals surface area contributed by atoms with Crippen molar-refractivity contribution in [2.24, 2.45) is 0 Å². The number of amides is 2. The SMILES string of the molecule is CCS(=O)(=O)N1CC(=O)N(c2ccc(Cl)cc2)[C@@](C)(C(=O)NC2CCCCC2)C1. The molecule has 1 aliphatic carbocycles. The lowest BCUT2D eigenvalue weighted by atomic mass is 9.91. The van der Waals surface area contributed by atoms with Gasteiger partial charge in [-0.3, -0.25) is 14.5 Å². The van der Waals surface area contributed by atoms with Gasteiger partial charge in [-0.25, -0.2) is 8.42 Å². The second kappa shape index (κ2) is 8.62. The van der Waals surface area contributed by atoms with Gasteiger partial charge in [-0.2, -0.15) is 4.31 Å². The first kappa shape index (κ1) is 22.1. The number of nitrogens with one attached hydrogen (secondary N) is 1. The van der Waals surface area contributed by atoms with Crippen molar-refractivity contribution >= 4 is 39.1 Å². The largest absolute Gasteiger partial charge is 0.351 e. The quantitative estimate of drug-likeness (QED) is 0.760. The number of sulfonamides is 1. The van der Waals surface area contributed by atoms with Gasteiger partial charge in [0, 0.05) is 23.3 Å². The second-order valence-electron chi connectivity index (χ2n) is 7.96. The third-order valence-corrected chi connectivity index (χ3v) is 7.84. The van der Waals surface area contributed by atoms with Crippen LogP contribution < -0.4 is 10.2 Å². The highest BCUT2D eigenvalue weighted by molar-refractivity contribution is 7.89. The molecule has 3 rings (SSSR count). The smallest absolute Gasteiger partial charge is 0.247 e. The van der Waals surface area contributed by atoms with Crippen LogP contribution >= 0.6 is 11.6 Å². The van der Waals surface area contributed by atoms with Crippen LogP contribution in [0, 0.1) is 0 Å². The van der Waals surface area contributed by atoms with Crippen molar-refractivity contribution in [2.45, 2.75) is 57.5 Å². The maximum Gasteiger partial charge on any atom is 0.247 e. The van der Waals surface area contributed by atoms with E-state index in [2.05, 4.69) is 5.32 Å². The Morgan fingerprint density at radius 3 is 2.41 bits per heavy atom. The van der Waals surface area contributed by atoms with E-state index in [4.69, 9.17) is 11.6 Å². The van der Waals surface area contributed by atoms with E-state index in [0.29, 0.717) is 10.7 Å². The number of nitrogens with zero attached hydrogens (tertiary/aromatic N) is 2. The molecule has 9 heteroatoms. The van der Waals surface area contributed by atoms with Gasteiger partial charge in [0.1, 0.15) is 5.54 Å². The van der Waals surface area contributed by atoms with Crippen LogP contribution in [0.4, 0.5) is 5.69 Å². The van der Waals surface area contributed by atoms with Gasteiger partial charge >= 0.3 is 0 Å². The van der Waals surface area contributed by atoms with E-state index in [9.17, 15) is 18.0 Å². The monoisotopic (exact) mass is 441 g/mol. The normalized spacial score (nSPS) is 24.5. The summed E-state index contributed by atoms with van der Waals surface area (Å²) in [7, 11) is -3.62. The molecule has 0 aromatic heterocycles. The maximum absolute atomic E-state index is 13.4. The number of carbonyl (C=O) groups is 2. The van der Waals surface area contributed by atoms with Crippen molar-refractivity contribution in [1.29, 1.82) is 0 Å². The molecule has 0 bridgehead atoms. The fourth-order valence-electron chi connectivity index (χ4n) is 4.13. The van der Waals surface area contributed by atoms with Crippen LogP contribution in [0.3, 0.4) is 0 Å². The lowest BCUT2D eigenvalue weighted by molar-refractivity contribution is -0.133. The number of benzene rings is 1. The van der Waals surface area contributed by atoms with Gasteiger partial charge in [0.25, 0.3) is 0 Å². The first-order chi connectivity index (χ1) is 13.7. The first-order valence-corrected chi connectivity index (χ1v) is 12.0. The summed E-state index contributed by atoms with van der Waals surface area (Å²) in [6.45, 7) is 2.79. The Balaban J connectivity index is 1.97. The van der Waals surface area contributed by atoms with Crippen molar-refractivity contribution in [1.82, 2.24) is 9.62 Å². The zero-order chi connectivity index (χ0) is 21.2. The average Bonchev–Trinajstić information content (AvgIpc) is 2.69. The molecule has 1 saturated heterocycles. The molecule has 1 heterocycles. The Labute approximate surface area is 177 Å². The summed E-state index contributed by atoms with van der Waals surface area (Å²) < 4.78 is 26.1. The summed E-state index contributed by atoms with van der Waals surface area (Å²) in [6, 6.07) is 6.71. The minimum absolute atomic E-state index is 0.0494. The van der Waals surface area contributed by atoms with E-state index in [1.807, 2.05) is 0 Å². The van der Waals surface area contributed by atoms with Crippen molar-refractivity contribution in [3.05, 3.63) is 29.3 Å². The molecule has 1 atom stereocenters. The van der Waals surface area contributed by atoms with Crippen LogP contribution in [0.5, 0.6) is 0 Å². The van der Waals surface area contributed by atoms with Crippen LogP contribution in [0.25, 0.3) is 0 Å². The number of hydrogen-bond donors (Lipinski definition) is 1. The number of carbonyl (C=O) groups excluding carboxylic acids is 2. The molecule has 160 valence electrons. The molecular weight excluding hydrogens is 414 g/mol. The molecule has 1 aromatic carbocycles. The van der Waals surface area contributed by atoms with E-state index in [0.717, 1.165) is 36.4 Å². The molecule has 2 fully saturated rings. The molecule has 0 spiro atoms. The summed E-state index contributed by atoms with van der Waals surface area (Å²) >= 11 is 5.98. The van der Waals surface area contributed by atoms with E-state index in [1.165, 1.54) is 11.8 Å². The van der Waals surface area contributed by atoms with E-state index in [1.54, 1.807) is 31.2 Å². The van der Waals surface area contributed by atoms with Gasteiger partial charge in [-0.15, -0.1) is 0 Å². The molecule has 2 aliphatic rings. The Morgan fingerprint density at radius 2 is 1.83 bits per heavy atom. The van der Waals surface area contributed by atoms with Crippen LogP contribution in [-0.2, 0) is 19.6 Å². The van der Waals surface area contributed by atoms with Crippen molar-refractivity contribution in [2.75, 3.05) is 23.7 Å². The van der Waals surface area contributed by atoms with Crippen LogP contribution in [0.15, 0.2) is 24.3 Å². The van der Waals surface area contributed by atoms with E-state index in [-0.39, 0.29) is 30.8 Å². The number of rotatable bonds is 5. The predicted molar refractivity (Wildman–Crippen MR) is 113 cm³/mol. The van der Waals surface area contributed by atoms with Crippen LogP contribution in [0.2, 0.25) is 5.02 Å². The third kappa shape index (κ3) is 4.59. The van der Waals surface area contributed by atoms with Crippen molar-refractivity contribution < 1.29 is 18.0 Å². The Morgan fingerprint density at radius 1 is 1.21 bits per heavy atom. The van der Waals surface area contributed by atoms with Gasteiger partial charge < -0.3 is 5.32 Å². The first-order valence-electron chi connectivity index (χ1n) is 10.0. The second-order valence-corrected chi connectivity index (χ2v) is 10.7. The Bertz CT molecular complexity index is 868. The highest BCUT2D eigenvalue weighted by Crippen LogP contribution is 2.32. The fraction of sp³-hybridized carbons (Fsp3) is 0.600. The van der Waals surface area contributed by atoms with Gasteiger partial charge in [0.15, 0.2) is 0 Å². The molecule has 29 heavy (non-hydrogen) atoms. The van der Waals surface area contributed by atoms with Gasteiger partial charge in [0.05, 0.1) is 12.3 Å². The molecule has 0 unspecified atom stereocenters. The molecule has 1 N–H and O–H groups in total. The molecular formula is C20H28ClN3O4S. The van der Waals surface area contributed by atoms with Gasteiger partial charge in [0.2, 0.25) is 21.8 Å². The summed E-state index contributed by atoms with van der Waals surface area (Å²) in [5, 5.41) is 3.59. The van der Waals surface area contributed by atoms with E-state index < -0.39 is 21.5 Å². The summed E-state index contributed by atoms with van der Waals surface area (Å²) in [5.41, 5.74) is -0.836. The van der Waals surface area contributed by atoms with E-state index >= 15 is 0 Å². The van der Waals surface area contributed by atoms with Crippen molar-refractivity contribution in [3.63, 3.8) is 0 Å². The minimum Gasteiger partial charge on any atom is -0.351 e. The number of halogens is 1. The highest BCUT2D eigenvalue weighted by atomic mass is 35.5. The summed E-state index contributed by atoms with van der Waals surface area (Å²) in [4.78, 5) is 27.9. The third-order valence-electron chi connectivity index (χ3n) is 5.81. The topological polar surface area (TPSA) is 86.8 Å². The van der Waals surface area contributed by atoms with Crippen molar-refractivity contribution in [3.8, 4) is 0 Å². The lowest BCUT2D eigenvalue weighted by Gasteiger charge is -2.47. The zero-order valence-corrected chi connectivity index (χ0v) is 18.4. The average molecular weight is 442 g/mol. The Kier molecular flexibility index (Phi) is 6.55. The summed E-state index contributed by atoms with van der Waals surface area (Å²) in [6.07, 6.45) is 5.05. The molecule has 1 aromatic rings. The molecule has 2 amide bonds. The predicted octanol–water partition coefficient (Wildman–Crippen LogP) is 2.55. The van der Waals surface area contributed by atoms with Gasteiger partial charge in [-0.05, 0) is 51.0 Å². The number of hydrogen-bond acceptors (Lipinski definition) is 4. The van der Waals surface area contributed by atoms with Gasteiger partial charge in [-0.1, -0.05) is 30.9 Å². The Hall–Kier alpha value is -1.64. The zero-order valence-electron chi connectivity index (χ0n) is 16.9. The standard InChI is InChI=1S/C20H28ClN3O4S/c1-3-29(27,28)23-13-18(25)24(17-11-9-15(21)10-12-17)20(2,14-23)19(26)22-16-7-5-4-6-8-16/h9-12,16H,3-8,13-14H2,1-2H3,(H,22,26)/t20-/m1/s1. The molecule has 7 nitrogen and oxygen atoms in total. The summed E-state index contributed by atoms with van der Waals surface area (Å²) in [5.74, 6) is -0.887.